The van der Waals surface area contributed by atoms with Crippen molar-refractivity contribution in [3.63, 3.8) is 0 Å². The number of nitrogens with one attached hydrogen (secondary N) is 3. The molecule has 0 fully saturated rings. The number of benzene rings is 2. The maximum atomic E-state index is 13.7. The fourth-order valence-electron chi connectivity index (χ4n) is 2.54. The van der Waals surface area contributed by atoms with E-state index in [0.29, 0.717) is 17.2 Å². The minimum absolute atomic E-state index is 0.268. The number of halogens is 1. The molecule has 0 radical (unpaired) electrons. The van der Waals surface area contributed by atoms with E-state index in [0.717, 1.165) is 11.3 Å². The van der Waals surface area contributed by atoms with Crippen LogP contribution in [0.3, 0.4) is 0 Å². The molecule has 29 heavy (non-hydrogen) atoms. The number of carbonyl (C=O) groups excluding carboxylic acids is 1. The Bertz CT molecular complexity index is 1060. The highest BCUT2D eigenvalue weighted by molar-refractivity contribution is 7.80. The standard InChI is InChI=1S/C21H19FN4O2S/c1-13-11-14(28-15-9-10-24-19(12-15)20(27)23-2)7-8-17(13)25-21(29)26-18-6-4-3-5-16(18)22/h3-12H,1-2H3,(H,23,27)(H2,25,26,29). The molecule has 0 saturated heterocycles. The van der Waals surface area contributed by atoms with Crippen LogP contribution in [0.15, 0.2) is 60.8 Å². The molecule has 0 aliphatic carbocycles. The first kappa shape index (κ1) is 20.2. The number of rotatable bonds is 5. The van der Waals surface area contributed by atoms with Crippen molar-refractivity contribution >= 4 is 34.6 Å². The van der Waals surface area contributed by atoms with Gasteiger partial charge in [0, 0.05) is 25.0 Å². The molecule has 0 saturated carbocycles. The van der Waals surface area contributed by atoms with E-state index in [1.807, 2.05) is 13.0 Å². The summed E-state index contributed by atoms with van der Waals surface area (Å²) in [4.78, 5) is 15.7. The van der Waals surface area contributed by atoms with Gasteiger partial charge in [0.15, 0.2) is 5.11 Å². The van der Waals surface area contributed by atoms with Crippen molar-refractivity contribution in [2.45, 2.75) is 6.92 Å². The van der Waals surface area contributed by atoms with Crippen LogP contribution in [-0.4, -0.2) is 23.1 Å². The van der Waals surface area contributed by atoms with Gasteiger partial charge in [-0.1, -0.05) is 12.1 Å². The number of carbonyl (C=O) groups is 1. The summed E-state index contributed by atoms with van der Waals surface area (Å²) in [5.41, 5.74) is 2.20. The highest BCUT2D eigenvalue weighted by Crippen LogP contribution is 2.26. The predicted molar refractivity (Wildman–Crippen MR) is 115 cm³/mol. The van der Waals surface area contributed by atoms with Crippen molar-refractivity contribution in [1.29, 1.82) is 0 Å². The second kappa shape index (κ2) is 9.11. The Kier molecular flexibility index (Phi) is 6.36. The Morgan fingerprint density at radius 2 is 1.76 bits per heavy atom. The van der Waals surface area contributed by atoms with Crippen molar-refractivity contribution in [2.24, 2.45) is 0 Å². The number of ether oxygens (including phenoxy) is 1. The van der Waals surface area contributed by atoms with Gasteiger partial charge in [0.25, 0.3) is 5.91 Å². The average molecular weight is 410 g/mol. The summed E-state index contributed by atoms with van der Waals surface area (Å²) in [7, 11) is 1.54. The third kappa shape index (κ3) is 5.26. The smallest absolute Gasteiger partial charge is 0.269 e. The van der Waals surface area contributed by atoms with E-state index in [-0.39, 0.29) is 22.5 Å². The van der Waals surface area contributed by atoms with E-state index in [4.69, 9.17) is 17.0 Å². The molecule has 0 aliphatic rings. The lowest BCUT2D eigenvalue weighted by Gasteiger charge is -2.14. The van der Waals surface area contributed by atoms with E-state index in [1.165, 1.54) is 19.3 Å². The summed E-state index contributed by atoms with van der Waals surface area (Å²) in [6.45, 7) is 1.89. The topological polar surface area (TPSA) is 75.3 Å². The van der Waals surface area contributed by atoms with Gasteiger partial charge in [-0.15, -0.1) is 0 Å². The summed E-state index contributed by atoms with van der Waals surface area (Å²) in [5.74, 6) is 0.415. The molecule has 3 aromatic rings. The quantitative estimate of drug-likeness (QED) is 0.538. The van der Waals surface area contributed by atoms with Gasteiger partial charge in [0.2, 0.25) is 0 Å². The molecule has 3 rings (SSSR count). The molecule has 0 aliphatic heterocycles. The Morgan fingerprint density at radius 1 is 1.03 bits per heavy atom. The van der Waals surface area contributed by atoms with Gasteiger partial charge in [-0.3, -0.25) is 9.78 Å². The third-order valence-corrected chi connectivity index (χ3v) is 4.20. The predicted octanol–water partition coefficient (Wildman–Crippen LogP) is 4.49. The Morgan fingerprint density at radius 3 is 2.48 bits per heavy atom. The van der Waals surface area contributed by atoms with Gasteiger partial charge >= 0.3 is 0 Å². The molecule has 8 heteroatoms. The minimum atomic E-state index is -0.384. The first-order valence-electron chi connectivity index (χ1n) is 8.75. The molecule has 3 N–H and O–H groups in total. The number of thiocarbonyl (C=S) groups is 1. The molecule has 1 aromatic heterocycles. The van der Waals surface area contributed by atoms with Crippen molar-refractivity contribution in [2.75, 3.05) is 17.7 Å². The zero-order valence-electron chi connectivity index (χ0n) is 15.8. The number of hydrogen-bond acceptors (Lipinski definition) is 4. The number of aryl methyl sites for hydroxylation is 1. The second-order valence-electron chi connectivity index (χ2n) is 6.09. The first-order chi connectivity index (χ1) is 14.0. The molecule has 1 heterocycles. The van der Waals surface area contributed by atoms with Crippen LogP contribution in [-0.2, 0) is 0 Å². The highest BCUT2D eigenvalue weighted by Gasteiger charge is 2.09. The van der Waals surface area contributed by atoms with Crippen LogP contribution < -0.4 is 20.7 Å². The molecule has 6 nitrogen and oxygen atoms in total. The maximum absolute atomic E-state index is 13.7. The molecule has 1 amide bonds. The first-order valence-corrected chi connectivity index (χ1v) is 9.16. The SMILES string of the molecule is CNC(=O)c1cc(Oc2ccc(NC(=S)Nc3ccccc3F)c(C)c2)ccn1. The van der Waals surface area contributed by atoms with Crippen LogP contribution in [0.25, 0.3) is 0 Å². The number of para-hydroxylation sites is 1. The lowest BCUT2D eigenvalue weighted by Crippen LogP contribution is -2.20. The van der Waals surface area contributed by atoms with Crippen molar-refractivity contribution in [3.8, 4) is 11.5 Å². The summed E-state index contributed by atoms with van der Waals surface area (Å²) in [5, 5.41) is 8.67. The highest BCUT2D eigenvalue weighted by atomic mass is 32.1. The molecule has 0 spiro atoms. The van der Waals surface area contributed by atoms with E-state index < -0.39 is 0 Å². The van der Waals surface area contributed by atoms with E-state index >= 15 is 0 Å². The van der Waals surface area contributed by atoms with E-state index in [2.05, 4.69) is 20.9 Å². The summed E-state index contributed by atoms with van der Waals surface area (Å²) < 4.78 is 19.6. The van der Waals surface area contributed by atoms with Gasteiger partial charge in [-0.25, -0.2) is 4.39 Å². The zero-order valence-corrected chi connectivity index (χ0v) is 16.6. The number of aromatic nitrogens is 1. The molecule has 2 aromatic carbocycles. The van der Waals surface area contributed by atoms with Crippen molar-refractivity contribution in [3.05, 3.63) is 77.9 Å². The minimum Gasteiger partial charge on any atom is -0.457 e. The Hall–Kier alpha value is -3.52. The monoisotopic (exact) mass is 410 g/mol. The summed E-state index contributed by atoms with van der Waals surface area (Å²) in [6, 6.07) is 14.9. The lowest BCUT2D eigenvalue weighted by atomic mass is 10.2. The zero-order chi connectivity index (χ0) is 20.8. The van der Waals surface area contributed by atoms with Gasteiger partial charge in [-0.05, 0) is 61.1 Å². The molecule has 0 unspecified atom stereocenters. The van der Waals surface area contributed by atoms with Gasteiger partial charge in [0.1, 0.15) is 23.0 Å². The molecule has 0 atom stereocenters. The number of pyridine rings is 1. The number of amides is 1. The summed E-state index contributed by atoms with van der Waals surface area (Å²) in [6.07, 6.45) is 1.51. The van der Waals surface area contributed by atoms with Crippen LogP contribution in [0.5, 0.6) is 11.5 Å². The molecule has 0 bridgehead atoms. The average Bonchev–Trinajstić information content (AvgIpc) is 2.71. The summed E-state index contributed by atoms with van der Waals surface area (Å²) >= 11 is 5.26. The number of anilines is 2. The van der Waals surface area contributed by atoms with E-state index in [9.17, 15) is 9.18 Å². The molecule has 148 valence electrons. The van der Waals surface area contributed by atoms with Crippen molar-refractivity contribution in [1.82, 2.24) is 10.3 Å². The van der Waals surface area contributed by atoms with Crippen LogP contribution >= 0.6 is 12.2 Å². The number of hydrogen-bond donors (Lipinski definition) is 3. The Balaban J connectivity index is 1.68. The van der Waals surface area contributed by atoms with Gasteiger partial charge in [0.05, 0.1) is 5.69 Å². The third-order valence-electron chi connectivity index (χ3n) is 3.99. The van der Waals surface area contributed by atoms with E-state index in [1.54, 1.807) is 42.5 Å². The van der Waals surface area contributed by atoms with Crippen molar-refractivity contribution < 1.29 is 13.9 Å². The van der Waals surface area contributed by atoms with Crippen LogP contribution in [0.4, 0.5) is 15.8 Å². The lowest BCUT2D eigenvalue weighted by molar-refractivity contribution is 0.0958. The number of nitrogens with zero attached hydrogens (tertiary/aromatic N) is 1. The second-order valence-corrected chi connectivity index (χ2v) is 6.50. The fourth-order valence-corrected chi connectivity index (χ4v) is 2.76. The largest absolute Gasteiger partial charge is 0.457 e. The Labute approximate surface area is 173 Å². The normalized spacial score (nSPS) is 10.2. The van der Waals surface area contributed by atoms with Crippen LogP contribution in [0, 0.1) is 12.7 Å². The maximum Gasteiger partial charge on any atom is 0.269 e. The van der Waals surface area contributed by atoms with Gasteiger partial charge in [-0.2, -0.15) is 0 Å². The molecular weight excluding hydrogens is 391 g/mol. The van der Waals surface area contributed by atoms with Crippen LogP contribution in [0.1, 0.15) is 16.1 Å². The fraction of sp³-hybridized carbons (Fsp3) is 0.0952. The van der Waals surface area contributed by atoms with Crippen LogP contribution in [0.2, 0.25) is 0 Å². The van der Waals surface area contributed by atoms with Gasteiger partial charge < -0.3 is 20.7 Å². The molecular formula is C21H19FN4O2S.